The first-order chi connectivity index (χ1) is 16.8. The van der Waals surface area contributed by atoms with Crippen molar-refractivity contribution in [2.45, 2.75) is 24.5 Å². The van der Waals surface area contributed by atoms with Crippen LogP contribution in [0, 0.1) is 11.8 Å². The van der Waals surface area contributed by atoms with Crippen molar-refractivity contribution in [1.29, 1.82) is 0 Å². The van der Waals surface area contributed by atoms with Crippen LogP contribution in [0.4, 0.5) is 11.7 Å². The molecule has 12 nitrogen and oxygen atoms in total. The van der Waals surface area contributed by atoms with Crippen molar-refractivity contribution in [2.24, 2.45) is 17.6 Å². The number of fused-ring (bicyclic) bond motifs is 5. The van der Waals surface area contributed by atoms with E-state index >= 15 is 0 Å². The van der Waals surface area contributed by atoms with Crippen molar-refractivity contribution in [3.8, 4) is 0 Å². The summed E-state index contributed by atoms with van der Waals surface area (Å²) < 4.78 is 5.56. The number of aliphatic hydroxyl groups excluding tert-OH is 2. The molecule has 1 aromatic carbocycles. The highest BCUT2D eigenvalue weighted by Crippen LogP contribution is 2.53. The smallest absolute Gasteiger partial charge is 0.293 e. The third-order valence-electron chi connectivity index (χ3n) is 7.58. The molecule has 1 heterocycles. The van der Waals surface area contributed by atoms with E-state index in [0.29, 0.717) is 11.1 Å². The number of rotatable bonds is 3. The largest absolute Gasteiger partial charge is 0.508 e. The highest BCUT2D eigenvalue weighted by atomic mass is 16.4. The van der Waals surface area contributed by atoms with E-state index in [9.17, 15) is 29.7 Å². The molecule has 0 aliphatic heterocycles. The van der Waals surface area contributed by atoms with Gasteiger partial charge >= 0.3 is 0 Å². The average Bonchev–Trinajstić information content (AvgIpc) is 3.14. The van der Waals surface area contributed by atoms with Gasteiger partial charge in [-0.05, 0) is 44.5 Å². The lowest BCUT2D eigenvalue weighted by atomic mass is 9.57. The van der Waals surface area contributed by atoms with Crippen LogP contribution in [-0.2, 0) is 20.8 Å². The van der Waals surface area contributed by atoms with Gasteiger partial charge in [-0.2, -0.15) is 4.98 Å². The molecule has 190 valence electrons. The summed E-state index contributed by atoms with van der Waals surface area (Å²) in [7, 11) is 6.79. The van der Waals surface area contributed by atoms with Gasteiger partial charge in [0.15, 0.2) is 17.0 Å². The number of benzene rings is 1. The molecule has 4 unspecified atom stereocenters. The standard InChI is InChI=1S/C24H27N5O7/c1-28(2)12-7-11-19(36-23(26)27-11)14-9(12)5-8-6-10-16(29(3)4)18(31)15(22(25)34)21(33)24(10,35)20(32)13(8)17(14)30/h7-8,10,16,30,33,35H,5-6H2,1-4H3,(H2,25,34)(H2,26,27). The summed E-state index contributed by atoms with van der Waals surface area (Å²) in [4.78, 5) is 46.6. The number of aliphatic hydroxyl groups is 3. The molecule has 1 amide bonds. The molecule has 7 N–H and O–H groups in total. The van der Waals surface area contributed by atoms with Crippen LogP contribution in [0.1, 0.15) is 17.5 Å². The monoisotopic (exact) mass is 497 g/mol. The summed E-state index contributed by atoms with van der Waals surface area (Å²) in [6, 6.07) is 0.545. The van der Waals surface area contributed by atoms with E-state index in [1.165, 1.54) is 4.90 Å². The number of likely N-dealkylation sites (N-methyl/N-ethyl adjacent to an activating group) is 1. The number of aromatic nitrogens is 1. The fourth-order valence-electron chi connectivity index (χ4n) is 6.10. The van der Waals surface area contributed by atoms with Gasteiger partial charge < -0.3 is 36.1 Å². The SMILES string of the molecule is CN(C)c1cc2nc(N)oc2c2c1CC1CC3C(N(C)C)C(=O)C(C(N)=O)=C(O)C3(O)C(=O)C1=C2O. The second kappa shape index (κ2) is 7.55. The Morgan fingerprint density at radius 2 is 1.89 bits per heavy atom. The molecule has 0 radical (unpaired) electrons. The maximum Gasteiger partial charge on any atom is 0.293 e. The maximum absolute atomic E-state index is 13.9. The zero-order valence-corrected chi connectivity index (χ0v) is 20.2. The first-order valence-electron chi connectivity index (χ1n) is 11.3. The number of carbonyl (C=O) groups excluding carboxylic acids is 3. The van der Waals surface area contributed by atoms with Gasteiger partial charge in [-0.3, -0.25) is 19.3 Å². The number of primary amides is 1. The van der Waals surface area contributed by atoms with Crippen molar-refractivity contribution >= 4 is 46.0 Å². The summed E-state index contributed by atoms with van der Waals surface area (Å²) >= 11 is 0. The molecule has 5 rings (SSSR count). The number of nitrogen functional groups attached to an aromatic ring is 1. The predicted octanol–water partition coefficient (Wildman–Crippen LogP) is 0.0478. The molecule has 4 atom stereocenters. The number of nitrogens with zero attached hydrogens (tertiary/aromatic N) is 3. The summed E-state index contributed by atoms with van der Waals surface area (Å²) in [5.41, 5.74) is 9.72. The number of anilines is 2. The summed E-state index contributed by atoms with van der Waals surface area (Å²) in [5.74, 6) is -6.24. The Labute approximate surface area is 205 Å². The van der Waals surface area contributed by atoms with Gasteiger partial charge in [0.25, 0.3) is 11.9 Å². The molecule has 1 saturated carbocycles. The van der Waals surface area contributed by atoms with Gasteiger partial charge in [-0.25, -0.2) is 0 Å². The van der Waals surface area contributed by atoms with Crippen molar-refractivity contribution in [2.75, 3.05) is 38.8 Å². The molecule has 0 bridgehead atoms. The second-order valence-corrected chi connectivity index (χ2v) is 10.0. The van der Waals surface area contributed by atoms with Crippen LogP contribution in [0.25, 0.3) is 16.9 Å². The molecule has 2 aromatic rings. The van der Waals surface area contributed by atoms with Crippen LogP contribution >= 0.6 is 0 Å². The van der Waals surface area contributed by atoms with E-state index < -0.39 is 58.0 Å². The second-order valence-electron chi connectivity index (χ2n) is 10.0. The van der Waals surface area contributed by atoms with E-state index in [0.717, 1.165) is 5.69 Å². The lowest BCUT2D eigenvalue weighted by Gasteiger charge is -2.50. The Hall–Kier alpha value is -3.90. The zero-order chi connectivity index (χ0) is 26.4. The van der Waals surface area contributed by atoms with E-state index in [1.54, 1.807) is 20.2 Å². The first kappa shape index (κ1) is 23.8. The Morgan fingerprint density at radius 3 is 2.47 bits per heavy atom. The van der Waals surface area contributed by atoms with Crippen LogP contribution in [0.3, 0.4) is 0 Å². The van der Waals surface area contributed by atoms with Gasteiger partial charge in [0, 0.05) is 31.3 Å². The molecule has 0 saturated heterocycles. The molecule has 3 aliphatic carbocycles. The van der Waals surface area contributed by atoms with Crippen LogP contribution in [0.2, 0.25) is 0 Å². The maximum atomic E-state index is 13.9. The number of ketones is 2. The van der Waals surface area contributed by atoms with Crippen LogP contribution < -0.4 is 16.4 Å². The third kappa shape index (κ3) is 2.88. The molecule has 3 aliphatic rings. The zero-order valence-electron chi connectivity index (χ0n) is 20.2. The molecule has 1 fully saturated rings. The molecule has 12 heteroatoms. The fraction of sp³-hybridized carbons (Fsp3) is 0.417. The van der Waals surface area contributed by atoms with Crippen LogP contribution in [-0.4, -0.2) is 82.5 Å². The number of Topliss-reactive ketones (excluding diaryl/α,β-unsaturated/α-hetero) is 2. The van der Waals surface area contributed by atoms with E-state index in [-0.39, 0.29) is 35.6 Å². The minimum Gasteiger partial charge on any atom is -0.508 e. The summed E-state index contributed by atoms with van der Waals surface area (Å²) in [5, 5.41) is 34.1. The van der Waals surface area contributed by atoms with Crippen molar-refractivity contribution in [3.63, 3.8) is 0 Å². The first-order valence-corrected chi connectivity index (χ1v) is 11.3. The number of hydrogen-bond donors (Lipinski definition) is 5. The normalized spacial score (nSPS) is 27.9. The van der Waals surface area contributed by atoms with E-state index in [1.807, 2.05) is 19.0 Å². The highest BCUT2D eigenvalue weighted by Gasteiger charge is 2.64. The molecule has 0 spiro atoms. The van der Waals surface area contributed by atoms with Gasteiger partial charge in [-0.15, -0.1) is 0 Å². The van der Waals surface area contributed by atoms with Crippen molar-refractivity contribution in [1.82, 2.24) is 9.88 Å². The Balaban J connectivity index is 1.80. The Kier molecular flexibility index (Phi) is 4.99. The third-order valence-corrected chi connectivity index (χ3v) is 7.58. The van der Waals surface area contributed by atoms with E-state index in [4.69, 9.17) is 15.9 Å². The van der Waals surface area contributed by atoms with Crippen molar-refractivity contribution in [3.05, 3.63) is 34.1 Å². The highest BCUT2D eigenvalue weighted by molar-refractivity contribution is 6.24. The fourth-order valence-corrected chi connectivity index (χ4v) is 6.10. The van der Waals surface area contributed by atoms with E-state index in [2.05, 4.69) is 4.98 Å². The number of carbonyl (C=O) groups is 3. The molecular weight excluding hydrogens is 470 g/mol. The summed E-state index contributed by atoms with van der Waals surface area (Å²) in [6.45, 7) is 0. The molecule has 1 aromatic heterocycles. The van der Waals surface area contributed by atoms with Gasteiger partial charge in [0.1, 0.15) is 22.6 Å². The van der Waals surface area contributed by atoms with Gasteiger partial charge in [0.2, 0.25) is 5.78 Å². The Bertz CT molecular complexity index is 1440. The quantitative estimate of drug-likeness (QED) is 0.359. The minimum absolute atomic E-state index is 0.0647. The van der Waals surface area contributed by atoms with Gasteiger partial charge in [0.05, 0.1) is 11.6 Å². The average molecular weight is 498 g/mol. The lowest BCUT2D eigenvalue weighted by molar-refractivity contribution is -0.153. The predicted molar refractivity (Wildman–Crippen MR) is 129 cm³/mol. The number of hydrogen-bond acceptors (Lipinski definition) is 11. The summed E-state index contributed by atoms with van der Waals surface area (Å²) in [6.07, 6.45) is 0.341. The number of amides is 1. The molecular formula is C24H27N5O7. The molecule has 36 heavy (non-hydrogen) atoms. The van der Waals surface area contributed by atoms with Gasteiger partial charge in [-0.1, -0.05) is 0 Å². The number of oxazole rings is 1. The van der Waals surface area contributed by atoms with Crippen LogP contribution in [0.15, 0.2) is 27.4 Å². The Morgan fingerprint density at radius 1 is 1.22 bits per heavy atom. The van der Waals surface area contributed by atoms with Crippen molar-refractivity contribution < 1.29 is 34.1 Å². The lowest BCUT2D eigenvalue weighted by Crippen LogP contribution is -2.65. The topological polar surface area (TPSA) is 196 Å². The van der Waals surface area contributed by atoms with Crippen LogP contribution in [0.5, 0.6) is 0 Å². The number of nitrogens with two attached hydrogens (primary N) is 2. The minimum atomic E-state index is -2.64.